The largest absolute Gasteiger partial charge is 0.466 e. The molecule has 0 N–H and O–H groups in total. The molecule has 1 unspecified atom stereocenters. The number of allylic oxidation sites excluding steroid dienone is 1. The van der Waals surface area contributed by atoms with Crippen molar-refractivity contribution in [3.63, 3.8) is 0 Å². The van der Waals surface area contributed by atoms with Gasteiger partial charge >= 0.3 is 5.97 Å². The normalized spacial score (nSPS) is 40.5. The van der Waals surface area contributed by atoms with Crippen LogP contribution in [-0.2, 0) is 9.53 Å². The number of ether oxygens (including phenoxy) is 1. The number of rotatable bonds is 2. The third-order valence-electron chi connectivity index (χ3n) is 5.53. The molecule has 2 aliphatic carbocycles. The van der Waals surface area contributed by atoms with Crippen LogP contribution in [0.15, 0.2) is 12.2 Å². The summed E-state index contributed by atoms with van der Waals surface area (Å²) < 4.78 is 4.65. The van der Waals surface area contributed by atoms with Gasteiger partial charge in [0, 0.05) is 6.08 Å². The SMILES string of the molecule is COC(=O)C=CC1C[C@H]2CC[C@@]1(C)C2(C)C. The predicted octanol–water partition coefficient (Wildman–Crippen LogP) is 3.18. The Hall–Kier alpha value is -0.790. The summed E-state index contributed by atoms with van der Waals surface area (Å²) in [5.41, 5.74) is 0.778. The minimum absolute atomic E-state index is 0.232. The fraction of sp³-hybridized carbons (Fsp3) is 0.786. The van der Waals surface area contributed by atoms with Crippen LogP contribution in [0.4, 0.5) is 0 Å². The van der Waals surface area contributed by atoms with E-state index in [1.807, 2.05) is 0 Å². The molecule has 2 rings (SSSR count). The molecule has 2 nitrogen and oxygen atoms in total. The summed E-state index contributed by atoms with van der Waals surface area (Å²) in [5, 5.41) is 0. The van der Waals surface area contributed by atoms with E-state index in [1.165, 1.54) is 26.4 Å². The summed E-state index contributed by atoms with van der Waals surface area (Å²) in [6.07, 6.45) is 7.56. The average molecular weight is 222 g/mol. The maximum atomic E-state index is 11.1. The van der Waals surface area contributed by atoms with Gasteiger partial charge in [-0.2, -0.15) is 0 Å². The summed E-state index contributed by atoms with van der Waals surface area (Å²) in [5.74, 6) is 1.13. The second-order valence-corrected chi connectivity index (χ2v) is 6.10. The lowest BCUT2D eigenvalue weighted by Crippen LogP contribution is -2.31. The van der Waals surface area contributed by atoms with Gasteiger partial charge in [-0.25, -0.2) is 4.79 Å². The first kappa shape index (κ1) is 11.7. The van der Waals surface area contributed by atoms with E-state index < -0.39 is 0 Å². The van der Waals surface area contributed by atoms with Gasteiger partial charge < -0.3 is 4.74 Å². The molecule has 90 valence electrons. The van der Waals surface area contributed by atoms with Crippen LogP contribution in [0.5, 0.6) is 0 Å². The van der Waals surface area contributed by atoms with Crippen molar-refractivity contribution in [2.75, 3.05) is 7.11 Å². The molecule has 0 amide bonds. The Morgan fingerprint density at radius 1 is 1.38 bits per heavy atom. The zero-order valence-corrected chi connectivity index (χ0v) is 10.7. The molecular formula is C14H22O2. The molecule has 0 aliphatic heterocycles. The molecule has 2 heteroatoms. The Bertz CT molecular complexity index is 330. The van der Waals surface area contributed by atoms with Crippen molar-refractivity contribution in [2.24, 2.45) is 22.7 Å². The first-order chi connectivity index (χ1) is 7.41. The first-order valence-corrected chi connectivity index (χ1v) is 6.18. The lowest BCUT2D eigenvalue weighted by atomic mass is 9.67. The van der Waals surface area contributed by atoms with Crippen molar-refractivity contribution in [1.82, 2.24) is 0 Å². The van der Waals surface area contributed by atoms with Crippen LogP contribution in [0.1, 0.15) is 40.0 Å². The zero-order valence-electron chi connectivity index (χ0n) is 10.7. The Morgan fingerprint density at radius 2 is 2.06 bits per heavy atom. The van der Waals surface area contributed by atoms with Gasteiger partial charge in [0.1, 0.15) is 0 Å². The Morgan fingerprint density at radius 3 is 2.50 bits per heavy atom. The van der Waals surface area contributed by atoms with Crippen molar-refractivity contribution >= 4 is 5.97 Å². The first-order valence-electron chi connectivity index (χ1n) is 6.18. The van der Waals surface area contributed by atoms with E-state index in [0.29, 0.717) is 16.7 Å². The number of carbonyl (C=O) groups excluding carboxylic acids is 1. The van der Waals surface area contributed by atoms with Crippen molar-refractivity contribution in [1.29, 1.82) is 0 Å². The third-order valence-corrected chi connectivity index (χ3v) is 5.53. The molecule has 2 aliphatic rings. The highest BCUT2D eigenvalue weighted by Crippen LogP contribution is 2.68. The second kappa shape index (κ2) is 3.61. The molecule has 3 atom stereocenters. The topological polar surface area (TPSA) is 26.3 Å². The molecule has 2 saturated carbocycles. The highest BCUT2D eigenvalue weighted by molar-refractivity contribution is 5.81. The van der Waals surface area contributed by atoms with Crippen LogP contribution >= 0.6 is 0 Å². The molecule has 0 spiro atoms. The van der Waals surface area contributed by atoms with Crippen LogP contribution in [0, 0.1) is 22.7 Å². The van der Waals surface area contributed by atoms with Crippen LogP contribution in [0.2, 0.25) is 0 Å². The maximum absolute atomic E-state index is 11.1. The second-order valence-electron chi connectivity index (χ2n) is 6.10. The smallest absolute Gasteiger partial charge is 0.330 e. The molecule has 2 fully saturated rings. The Balaban J connectivity index is 2.16. The van der Waals surface area contributed by atoms with Crippen molar-refractivity contribution in [3.8, 4) is 0 Å². The molecule has 2 bridgehead atoms. The van der Waals surface area contributed by atoms with E-state index in [0.717, 1.165) is 5.92 Å². The quantitative estimate of drug-likeness (QED) is 0.530. The number of esters is 1. The van der Waals surface area contributed by atoms with Gasteiger partial charge in [-0.15, -0.1) is 0 Å². The fourth-order valence-corrected chi connectivity index (χ4v) is 3.82. The van der Waals surface area contributed by atoms with Crippen LogP contribution in [-0.4, -0.2) is 13.1 Å². The van der Waals surface area contributed by atoms with Crippen molar-refractivity contribution in [3.05, 3.63) is 12.2 Å². The summed E-state index contributed by atoms with van der Waals surface area (Å²) in [4.78, 5) is 11.1. The molecule has 16 heavy (non-hydrogen) atoms. The van der Waals surface area contributed by atoms with Gasteiger partial charge in [0.25, 0.3) is 0 Å². The highest BCUT2D eigenvalue weighted by Gasteiger charge is 2.60. The summed E-state index contributed by atoms with van der Waals surface area (Å²) in [7, 11) is 1.43. The summed E-state index contributed by atoms with van der Waals surface area (Å²) in [6, 6.07) is 0. The van der Waals surface area contributed by atoms with E-state index in [2.05, 4.69) is 31.6 Å². The van der Waals surface area contributed by atoms with E-state index >= 15 is 0 Å². The van der Waals surface area contributed by atoms with Crippen LogP contribution in [0.25, 0.3) is 0 Å². The van der Waals surface area contributed by atoms with Gasteiger partial charge in [0.2, 0.25) is 0 Å². The van der Waals surface area contributed by atoms with E-state index in [-0.39, 0.29) is 5.97 Å². The number of carbonyl (C=O) groups is 1. The van der Waals surface area contributed by atoms with Gasteiger partial charge in [-0.3, -0.25) is 0 Å². The minimum Gasteiger partial charge on any atom is -0.466 e. The van der Waals surface area contributed by atoms with E-state index in [1.54, 1.807) is 6.08 Å². The zero-order chi connectivity index (χ0) is 12.0. The number of methoxy groups -OCH3 is 1. The third kappa shape index (κ3) is 1.42. The van der Waals surface area contributed by atoms with E-state index in [9.17, 15) is 4.79 Å². The van der Waals surface area contributed by atoms with Gasteiger partial charge in [0.05, 0.1) is 7.11 Å². The average Bonchev–Trinajstić information content (AvgIpc) is 2.58. The number of fused-ring (bicyclic) bond motifs is 2. The lowest BCUT2D eigenvalue weighted by Gasteiger charge is -2.38. The van der Waals surface area contributed by atoms with Gasteiger partial charge in [-0.05, 0) is 41.9 Å². The molecule has 0 radical (unpaired) electrons. The molecule has 0 aromatic rings. The monoisotopic (exact) mass is 222 g/mol. The van der Waals surface area contributed by atoms with Crippen LogP contribution < -0.4 is 0 Å². The predicted molar refractivity (Wildman–Crippen MR) is 63.9 cm³/mol. The van der Waals surface area contributed by atoms with Crippen molar-refractivity contribution in [2.45, 2.75) is 40.0 Å². The minimum atomic E-state index is -0.232. The van der Waals surface area contributed by atoms with Crippen LogP contribution in [0.3, 0.4) is 0 Å². The molecule has 0 heterocycles. The Labute approximate surface area is 98.1 Å². The number of hydrogen-bond acceptors (Lipinski definition) is 2. The molecular weight excluding hydrogens is 200 g/mol. The lowest BCUT2D eigenvalue weighted by molar-refractivity contribution is -0.134. The molecule has 0 saturated heterocycles. The van der Waals surface area contributed by atoms with Gasteiger partial charge in [0.15, 0.2) is 0 Å². The summed E-state index contributed by atoms with van der Waals surface area (Å²) >= 11 is 0. The number of hydrogen-bond donors (Lipinski definition) is 0. The van der Waals surface area contributed by atoms with E-state index in [4.69, 9.17) is 0 Å². The summed E-state index contributed by atoms with van der Waals surface area (Å²) in [6.45, 7) is 7.15. The maximum Gasteiger partial charge on any atom is 0.330 e. The Kier molecular flexibility index (Phi) is 2.64. The van der Waals surface area contributed by atoms with Crippen molar-refractivity contribution < 1.29 is 9.53 Å². The van der Waals surface area contributed by atoms with Gasteiger partial charge in [-0.1, -0.05) is 26.8 Å². The molecule has 0 aromatic heterocycles. The fourth-order valence-electron chi connectivity index (χ4n) is 3.82. The highest BCUT2D eigenvalue weighted by atomic mass is 16.5. The standard InChI is InChI=1S/C14H22O2/c1-13(2)10-7-8-14(13,3)11(9-10)5-6-12(15)16-4/h5-6,10-11H,7-9H2,1-4H3/t10-,11?,14-/m1/s1. The molecule has 0 aromatic carbocycles.